The summed E-state index contributed by atoms with van der Waals surface area (Å²) in [6.45, 7) is 6.72. The minimum Gasteiger partial charge on any atom is -0.493 e. The lowest BCUT2D eigenvalue weighted by Crippen LogP contribution is -2.34. The number of nitrogens with one attached hydrogen (secondary N) is 3. The van der Waals surface area contributed by atoms with Gasteiger partial charge in [-0.1, -0.05) is 26.8 Å². The van der Waals surface area contributed by atoms with E-state index in [0.29, 0.717) is 35.9 Å². The zero-order valence-electron chi connectivity index (χ0n) is 17.0. The van der Waals surface area contributed by atoms with Gasteiger partial charge >= 0.3 is 0 Å². The van der Waals surface area contributed by atoms with Crippen LogP contribution in [0.1, 0.15) is 44.0 Å². The standard InChI is InChI=1S/C22H27N3O3S/c1-4-6-20(26)23-17-7-5-8-18(13-17)24-22(29)25-21(27)16-9-11-19(12-10-16)28-14-15(2)3/h5,7-13,15H,4,6,14H2,1-3H3,(H,23,26)(H2,24,25,27,29). The molecule has 7 heteroatoms. The number of anilines is 2. The van der Waals surface area contributed by atoms with Gasteiger partial charge in [-0.25, -0.2) is 0 Å². The van der Waals surface area contributed by atoms with Crippen molar-refractivity contribution in [2.75, 3.05) is 17.2 Å². The summed E-state index contributed by atoms with van der Waals surface area (Å²) in [7, 11) is 0. The summed E-state index contributed by atoms with van der Waals surface area (Å²) in [5.74, 6) is 0.796. The van der Waals surface area contributed by atoms with Gasteiger partial charge in [0.1, 0.15) is 5.75 Å². The van der Waals surface area contributed by atoms with E-state index in [2.05, 4.69) is 29.8 Å². The number of hydrogen-bond acceptors (Lipinski definition) is 4. The number of carbonyl (C=O) groups excluding carboxylic acids is 2. The van der Waals surface area contributed by atoms with E-state index >= 15 is 0 Å². The van der Waals surface area contributed by atoms with Crippen molar-refractivity contribution in [1.29, 1.82) is 0 Å². The summed E-state index contributed by atoms with van der Waals surface area (Å²) in [5.41, 5.74) is 1.81. The topological polar surface area (TPSA) is 79.5 Å². The average molecular weight is 414 g/mol. The minimum absolute atomic E-state index is 0.0404. The molecule has 0 saturated carbocycles. The van der Waals surface area contributed by atoms with E-state index < -0.39 is 0 Å². The highest BCUT2D eigenvalue weighted by molar-refractivity contribution is 7.80. The SMILES string of the molecule is CCCC(=O)Nc1cccc(NC(=S)NC(=O)c2ccc(OCC(C)C)cc2)c1. The summed E-state index contributed by atoms with van der Waals surface area (Å²) in [6, 6.07) is 14.1. The molecule has 0 radical (unpaired) electrons. The maximum atomic E-state index is 12.4. The summed E-state index contributed by atoms with van der Waals surface area (Å²) < 4.78 is 5.62. The summed E-state index contributed by atoms with van der Waals surface area (Å²) in [5, 5.41) is 8.60. The van der Waals surface area contributed by atoms with Crippen molar-refractivity contribution in [1.82, 2.24) is 5.32 Å². The van der Waals surface area contributed by atoms with Crippen LogP contribution in [0.25, 0.3) is 0 Å². The molecule has 0 aliphatic carbocycles. The lowest BCUT2D eigenvalue weighted by atomic mass is 10.2. The van der Waals surface area contributed by atoms with Gasteiger partial charge in [-0.2, -0.15) is 0 Å². The second kappa shape index (κ2) is 11.2. The van der Waals surface area contributed by atoms with E-state index in [9.17, 15) is 9.59 Å². The largest absolute Gasteiger partial charge is 0.493 e. The molecule has 0 atom stereocenters. The van der Waals surface area contributed by atoms with Crippen molar-refractivity contribution in [3.63, 3.8) is 0 Å². The predicted molar refractivity (Wildman–Crippen MR) is 120 cm³/mol. The molecular weight excluding hydrogens is 386 g/mol. The van der Waals surface area contributed by atoms with Gasteiger partial charge in [0, 0.05) is 23.4 Å². The van der Waals surface area contributed by atoms with Crippen LogP contribution in [-0.4, -0.2) is 23.5 Å². The van der Waals surface area contributed by atoms with Crippen molar-refractivity contribution in [2.24, 2.45) is 5.92 Å². The van der Waals surface area contributed by atoms with Crippen LogP contribution in [0.5, 0.6) is 5.75 Å². The van der Waals surface area contributed by atoms with Crippen LogP contribution in [0.4, 0.5) is 11.4 Å². The van der Waals surface area contributed by atoms with Crippen LogP contribution < -0.4 is 20.7 Å². The molecule has 0 spiro atoms. The number of amides is 2. The number of ether oxygens (including phenoxy) is 1. The first-order valence-electron chi connectivity index (χ1n) is 9.62. The lowest BCUT2D eigenvalue weighted by molar-refractivity contribution is -0.116. The molecule has 0 aliphatic rings. The highest BCUT2D eigenvalue weighted by atomic mass is 32.1. The molecule has 2 aromatic rings. The van der Waals surface area contributed by atoms with Crippen molar-refractivity contribution in [3.8, 4) is 5.75 Å². The molecule has 154 valence electrons. The van der Waals surface area contributed by atoms with Crippen LogP contribution in [-0.2, 0) is 4.79 Å². The third-order valence-electron chi connectivity index (χ3n) is 3.81. The van der Waals surface area contributed by atoms with Crippen LogP contribution >= 0.6 is 12.2 Å². The molecule has 0 heterocycles. The highest BCUT2D eigenvalue weighted by Crippen LogP contribution is 2.16. The molecule has 2 aromatic carbocycles. The fourth-order valence-electron chi connectivity index (χ4n) is 2.43. The summed E-state index contributed by atoms with van der Waals surface area (Å²) in [4.78, 5) is 24.1. The Bertz CT molecular complexity index is 851. The fraction of sp³-hybridized carbons (Fsp3) is 0.318. The van der Waals surface area contributed by atoms with Crippen molar-refractivity contribution in [2.45, 2.75) is 33.6 Å². The quantitative estimate of drug-likeness (QED) is 0.552. The Morgan fingerprint density at radius 2 is 1.69 bits per heavy atom. The first-order chi connectivity index (χ1) is 13.9. The maximum Gasteiger partial charge on any atom is 0.257 e. The van der Waals surface area contributed by atoms with Gasteiger partial charge in [-0.15, -0.1) is 0 Å². The fourth-order valence-corrected chi connectivity index (χ4v) is 2.64. The van der Waals surface area contributed by atoms with Crippen molar-refractivity contribution >= 4 is 40.5 Å². The van der Waals surface area contributed by atoms with Gasteiger partial charge in [-0.3, -0.25) is 14.9 Å². The van der Waals surface area contributed by atoms with Gasteiger partial charge in [0.05, 0.1) is 6.61 Å². The Labute approximate surface area is 177 Å². The molecule has 0 aromatic heterocycles. The molecule has 0 unspecified atom stereocenters. The number of thiocarbonyl (C=S) groups is 1. The second-order valence-electron chi connectivity index (χ2n) is 7.02. The maximum absolute atomic E-state index is 12.4. The highest BCUT2D eigenvalue weighted by Gasteiger charge is 2.09. The van der Waals surface area contributed by atoms with E-state index in [1.165, 1.54) is 0 Å². The zero-order valence-corrected chi connectivity index (χ0v) is 17.8. The van der Waals surface area contributed by atoms with Gasteiger partial charge in [0.2, 0.25) is 5.91 Å². The normalized spacial score (nSPS) is 10.3. The van der Waals surface area contributed by atoms with Gasteiger partial charge < -0.3 is 15.4 Å². The molecule has 2 amide bonds. The number of rotatable bonds is 8. The Morgan fingerprint density at radius 1 is 1.03 bits per heavy atom. The Morgan fingerprint density at radius 3 is 2.31 bits per heavy atom. The molecule has 0 aliphatic heterocycles. The average Bonchev–Trinajstić information content (AvgIpc) is 2.67. The molecule has 0 saturated heterocycles. The number of benzene rings is 2. The first-order valence-corrected chi connectivity index (χ1v) is 10.0. The minimum atomic E-state index is -0.315. The van der Waals surface area contributed by atoms with E-state index in [0.717, 1.165) is 12.2 Å². The van der Waals surface area contributed by atoms with E-state index in [1.54, 1.807) is 48.5 Å². The molecule has 29 heavy (non-hydrogen) atoms. The van der Waals surface area contributed by atoms with E-state index in [4.69, 9.17) is 17.0 Å². The third-order valence-corrected chi connectivity index (χ3v) is 4.01. The summed E-state index contributed by atoms with van der Waals surface area (Å²) in [6.07, 6.45) is 1.25. The van der Waals surface area contributed by atoms with Crippen molar-refractivity contribution < 1.29 is 14.3 Å². The predicted octanol–water partition coefficient (Wildman–Crippen LogP) is 4.59. The monoisotopic (exact) mass is 413 g/mol. The Hall–Kier alpha value is -2.93. The molecule has 0 fully saturated rings. The molecule has 6 nitrogen and oxygen atoms in total. The zero-order chi connectivity index (χ0) is 21.2. The molecular formula is C22H27N3O3S. The first kappa shape index (κ1) is 22.4. The number of hydrogen-bond donors (Lipinski definition) is 3. The molecule has 2 rings (SSSR count). The third kappa shape index (κ3) is 7.91. The number of carbonyl (C=O) groups is 2. The Kier molecular flexibility index (Phi) is 8.61. The van der Waals surface area contributed by atoms with E-state index in [-0.39, 0.29) is 16.9 Å². The lowest BCUT2D eigenvalue weighted by Gasteiger charge is -2.12. The van der Waals surface area contributed by atoms with Crippen LogP contribution in [0.3, 0.4) is 0 Å². The van der Waals surface area contributed by atoms with Gasteiger partial charge in [-0.05, 0) is 67.0 Å². The molecule has 3 N–H and O–H groups in total. The van der Waals surface area contributed by atoms with Crippen LogP contribution in [0, 0.1) is 5.92 Å². The van der Waals surface area contributed by atoms with Gasteiger partial charge in [0.15, 0.2) is 5.11 Å². The molecule has 0 bridgehead atoms. The Balaban J connectivity index is 1.90. The smallest absolute Gasteiger partial charge is 0.257 e. The van der Waals surface area contributed by atoms with Crippen LogP contribution in [0.15, 0.2) is 48.5 Å². The van der Waals surface area contributed by atoms with E-state index in [1.807, 2.05) is 6.92 Å². The van der Waals surface area contributed by atoms with Gasteiger partial charge in [0.25, 0.3) is 5.91 Å². The van der Waals surface area contributed by atoms with Crippen LogP contribution in [0.2, 0.25) is 0 Å². The van der Waals surface area contributed by atoms with Crippen molar-refractivity contribution in [3.05, 3.63) is 54.1 Å². The second-order valence-corrected chi connectivity index (χ2v) is 7.42. The summed E-state index contributed by atoms with van der Waals surface area (Å²) >= 11 is 5.23.